The van der Waals surface area contributed by atoms with Gasteiger partial charge >= 0.3 is 0 Å². The first-order valence-electron chi connectivity index (χ1n) is 10.0. The molecule has 2 saturated heterocycles. The number of hydrogen-bond acceptors (Lipinski definition) is 6. The quantitative estimate of drug-likeness (QED) is 0.763. The summed E-state index contributed by atoms with van der Waals surface area (Å²) in [5.41, 5.74) is 0.833. The minimum absolute atomic E-state index is 0.0128. The average Bonchev–Trinajstić information content (AvgIpc) is 3.47. The molecule has 1 saturated carbocycles. The molecule has 154 valence electrons. The second-order valence-electron chi connectivity index (χ2n) is 8.03. The van der Waals surface area contributed by atoms with Crippen molar-refractivity contribution in [2.24, 2.45) is 5.92 Å². The van der Waals surface area contributed by atoms with Crippen LogP contribution in [0.2, 0.25) is 0 Å². The SMILES string of the molecule is COc1cc(CC(=O)N[C@@H]2C[C@H]3CO[C@@H](C4CC4)CN3C2)cc(OC)c1OC. The lowest BCUT2D eigenvalue weighted by Crippen LogP contribution is -2.47. The maximum Gasteiger partial charge on any atom is 0.224 e. The second kappa shape index (κ2) is 8.17. The highest BCUT2D eigenvalue weighted by Crippen LogP contribution is 2.39. The van der Waals surface area contributed by atoms with Gasteiger partial charge < -0.3 is 24.3 Å². The molecule has 1 aliphatic carbocycles. The van der Waals surface area contributed by atoms with Gasteiger partial charge in [0.2, 0.25) is 11.7 Å². The molecule has 1 aromatic carbocycles. The predicted octanol–water partition coefficient (Wildman–Crippen LogP) is 1.62. The van der Waals surface area contributed by atoms with Crippen molar-refractivity contribution >= 4 is 5.91 Å². The molecule has 3 fully saturated rings. The van der Waals surface area contributed by atoms with Crippen molar-refractivity contribution in [1.29, 1.82) is 0 Å². The van der Waals surface area contributed by atoms with Crippen LogP contribution in [0.5, 0.6) is 17.2 Å². The zero-order valence-electron chi connectivity index (χ0n) is 16.9. The third-order valence-electron chi connectivity index (χ3n) is 6.05. The van der Waals surface area contributed by atoms with Gasteiger partial charge in [0.25, 0.3) is 0 Å². The van der Waals surface area contributed by atoms with E-state index in [4.69, 9.17) is 18.9 Å². The molecule has 1 aromatic rings. The molecule has 7 nitrogen and oxygen atoms in total. The maximum atomic E-state index is 12.6. The number of carbonyl (C=O) groups is 1. The van der Waals surface area contributed by atoms with Crippen LogP contribution in [0.1, 0.15) is 24.8 Å². The summed E-state index contributed by atoms with van der Waals surface area (Å²) in [6.45, 7) is 2.72. The highest BCUT2D eigenvalue weighted by Gasteiger charge is 2.42. The fourth-order valence-corrected chi connectivity index (χ4v) is 4.46. The zero-order chi connectivity index (χ0) is 19.7. The Bertz CT molecular complexity index is 696. The Morgan fingerprint density at radius 2 is 1.86 bits per heavy atom. The van der Waals surface area contributed by atoms with Gasteiger partial charge in [0.1, 0.15) is 0 Å². The summed E-state index contributed by atoms with van der Waals surface area (Å²) in [5.74, 6) is 2.43. The van der Waals surface area contributed by atoms with Crippen molar-refractivity contribution in [3.8, 4) is 17.2 Å². The molecule has 4 rings (SSSR count). The van der Waals surface area contributed by atoms with Crippen LogP contribution < -0.4 is 19.5 Å². The van der Waals surface area contributed by atoms with Gasteiger partial charge in [-0.15, -0.1) is 0 Å². The van der Waals surface area contributed by atoms with Crippen molar-refractivity contribution < 1.29 is 23.7 Å². The lowest BCUT2D eigenvalue weighted by Gasteiger charge is -2.35. The maximum absolute atomic E-state index is 12.6. The number of methoxy groups -OCH3 is 3. The number of amides is 1. The molecule has 3 atom stereocenters. The Kier molecular flexibility index (Phi) is 5.64. The Morgan fingerprint density at radius 3 is 2.46 bits per heavy atom. The lowest BCUT2D eigenvalue weighted by molar-refractivity contribution is -0.121. The summed E-state index contributed by atoms with van der Waals surface area (Å²) < 4.78 is 22.1. The van der Waals surface area contributed by atoms with E-state index in [1.54, 1.807) is 21.3 Å². The van der Waals surface area contributed by atoms with Crippen molar-refractivity contribution in [1.82, 2.24) is 10.2 Å². The molecule has 0 aromatic heterocycles. The standard InChI is InChI=1S/C21H30N2O5/c1-25-17-6-13(7-18(26-2)21(17)27-3)8-20(24)22-15-9-16-12-28-19(14-4-5-14)11-23(16)10-15/h6-7,14-16,19H,4-5,8-12H2,1-3H3,(H,22,24)/t15-,16+,19-/m1/s1. The van der Waals surface area contributed by atoms with E-state index in [1.807, 2.05) is 12.1 Å². The van der Waals surface area contributed by atoms with Crippen molar-refractivity contribution in [3.63, 3.8) is 0 Å². The number of nitrogens with zero attached hydrogens (tertiary/aromatic N) is 1. The van der Waals surface area contributed by atoms with Crippen molar-refractivity contribution in [3.05, 3.63) is 17.7 Å². The van der Waals surface area contributed by atoms with E-state index in [2.05, 4.69) is 10.2 Å². The summed E-state index contributed by atoms with van der Waals surface area (Å²) in [6, 6.07) is 4.27. The van der Waals surface area contributed by atoms with Gasteiger partial charge in [-0.05, 0) is 42.9 Å². The Labute approximate surface area is 166 Å². The number of benzene rings is 1. The minimum Gasteiger partial charge on any atom is -0.493 e. The first kappa shape index (κ1) is 19.3. The summed E-state index contributed by atoms with van der Waals surface area (Å²) in [6.07, 6.45) is 4.23. The lowest BCUT2D eigenvalue weighted by atomic mass is 10.1. The molecule has 0 spiro atoms. The molecule has 1 N–H and O–H groups in total. The smallest absolute Gasteiger partial charge is 0.224 e. The molecule has 0 radical (unpaired) electrons. The predicted molar refractivity (Wildman–Crippen MR) is 104 cm³/mol. The highest BCUT2D eigenvalue weighted by molar-refractivity contribution is 5.79. The van der Waals surface area contributed by atoms with Crippen LogP contribution in [0.25, 0.3) is 0 Å². The average molecular weight is 390 g/mol. The second-order valence-corrected chi connectivity index (χ2v) is 8.03. The van der Waals surface area contributed by atoms with Crippen LogP contribution in [0, 0.1) is 5.92 Å². The molecular weight excluding hydrogens is 360 g/mol. The van der Waals surface area contributed by atoms with Crippen LogP contribution in [-0.4, -0.2) is 70.0 Å². The van der Waals surface area contributed by atoms with E-state index in [0.29, 0.717) is 29.4 Å². The van der Waals surface area contributed by atoms with E-state index in [1.165, 1.54) is 12.8 Å². The van der Waals surface area contributed by atoms with Gasteiger partial charge in [-0.25, -0.2) is 0 Å². The number of fused-ring (bicyclic) bond motifs is 1. The first-order chi connectivity index (χ1) is 13.6. The van der Waals surface area contributed by atoms with E-state index in [0.717, 1.165) is 37.6 Å². The Balaban J connectivity index is 1.34. The van der Waals surface area contributed by atoms with E-state index in [-0.39, 0.29) is 18.4 Å². The Morgan fingerprint density at radius 1 is 1.14 bits per heavy atom. The van der Waals surface area contributed by atoms with Gasteiger partial charge in [0.05, 0.1) is 40.5 Å². The van der Waals surface area contributed by atoms with Crippen molar-refractivity contribution in [2.75, 3.05) is 41.0 Å². The van der Waals surface area contributed by atoms with Gasteiger partial charge in [-0.3, -0.25) is 9.69 Å². The van der Waals surface area contributed by atoms with Crippen molar-refractivity contribution in [2.45, 2.75) is 43.9 Å². The van der Waals surface area contributed by atoms with E-state index >= 15 is 0 Å². The van der Waals surface area contributed by atoms with Crippen LogP contribution in [0.3, 0.4) is 0 Å². The third-order valence-corrected chi connectivity index (χ3v) is 6.05. The number of ether oxygens (including phenoxy) is 4. The van der Waals surface area contributed by atoms with Crippen LogP contribution in [0.4, 0.5) is 0 Å². The molecular formula is C21H30N2O5. The number of hydrogen-bond donors (Lipinski definition) is 1. The molecule has 3 aliphatic rings. The largest absolute Gasteiger partial charge is 0.493 e. The van der Waals surface area contributed by atoms with Crippen LogP contribution in [-0.2, 0) is 16.0 Å². The van der Waals surface area contributed by atoms with Crippen LogP contribution >= 0.6 is 0 Å². The fraction of sp³-hybridized carbons (Fsp3) is 0.667. The number of morpholine rings is 1. The van der Waals surface area contributed by atoms with E-state index < -0.39 is 0 Å². The molecule has 0 bridgehead atoms. The Hall–Kier alpha value is -1.99. The van der Waals surface area contributed by atoms with E-state index in [9.17, 15) is 4.79 Å². The number of nitrogens with one attached hydrogen (secondary N) is 1. The van der Waals surface area contributed by atoms with Gasteiger partial charge in [0.15, 0.2) is 11.5 Å². The molecule has 0 unspecified atom stereocenters. The molecule has 7 heteroatoms. The first-order valence-corrected chi connectivity index (χ1v) is 10.0. The van der Waals surface area contributed by atoms with Gasteiger partial charge in [0, 0.05) is 25.2 Å². The molecule has 2 aliphatic heterocycles. The summed E-state index contributed by atoms with van der Waals surface area (Å²) >= 11 is 0. The number of rotatable bonds is 7. The minimum atomic E-state index is 0.0128. The molecule has 28 heavy (non-hydrogen) atoms. The topological polar surface area (TPSA) is 69.3 Å². The summed E-state index contributed by atoms with van der Waals surface area (Å²) in [4.78, 5) is 15.1. The third kappa shape index (κ3) is 4.05. The molecule has 1 amide bonds. The normalized spacial score (nSPS) is 27.2. The fourth-order valence-electron chi connectivity index (χ4n) is 4.46. The van der Waals surface area contributed by atoms with Gasteiger partial charge in [-0.2, -0.15) is 0 Å². The van der Waals surface area contributed by atoms with Crippen LogP contribution in [0.15, 0.2) is 12.1 Å². The summed E-state index contributed by atoms with van der Waals surface area (Å²) in [7, 11) is 4.72. The van der Waals surface area contributed by atoms with Gasteiger partial charge in [-0.1, -0.05) is 0 Å². The monoisotopic (exact) mass is 390 g/mol. The summed E-state index contributed by atoms with van der Waals surface area (Å²) in [5, 5.41) is 3.20. The number of carbonyl (C=O) groups excluding carboxylic acids is 1. The highest BCUT2D eigenvalue weighted by atomic mass is 16.5. The molecule has 2 heterocycles. The zero-order valence-corrected chi connectivity index (χ0v) is 16.9.